The van der Waals surface area contributed by atoms with E-state index in [0.29, 0.717) is 22.5 Å². The number of hydrogen-bond acceptors (Lipinski definition) is 6. The third kappa shape index (κ3) is 4.57. The van der Waals surface area contributed by atoms with E-state index in [9.17, 15) is 9.59 Å². The smallest absolute Gasteiger partial charge is 0.338 e. The molecule has 0 radical (unpaired) electrons. The minimum atomic E-state index is -0.489. The molecule has 128 valence electrons. The fourth-order valence-corrected chi connectivity index (χ4v) is 1.99. The van der Waals surface area contributed by atoms with Crippen LogP contribution in [0.3, 0.4) is 0 Å². The molecule has 0 atom stereocenters. The number of aromatic nitrogens is 1. The molecule has 0 bridgehead atoms. The van der Waals surface area contributed by atoms with Crippen LogP contribution < -0.4 is 5.48 Å². The summed E-state index contributed by atoms with van der Waals surface area (Å²) in [7, 11) is 0. The van der Waals surface area contributed by atoms with Gasteiger partial charge in [-0.3, -0.25) is 9.78 Å². The van der Waals surface area contributed by atoms with E-state index in [2.05, 4.69) is 20.7 Å². The lowest BCUT2D eigenvalue weighted by atomic mass is 10.2. The summed E-state index contributed by atoms with van der Waals surface area (Å²) in [6.45, 7) is 0. The standard InChI is InChI=1S/C19H14N4O3/c24-18(14-10-12-20-13-11-14)22-21-16-6-8-17(9-7-16)23-26-19(25)15-4-2-1-3-5-15/h1-13,23H. The Bertz CT molecular complexity index is 911. The Balaban J connectivity index is 1.56. The van der Waals surface area contributed by atoms with E-state index < -0.39 is 11.9 Å². The van der Waals surface area contributed by atoms with Crippen LogP contribution in [-0.4, -0.2) is 16.9 Å². The number of pyridine rings is 1. The summed E-state index contributed by atoms with van der Waals surface area (Å²) in [6, 6.07) is 18.4. The van der Waals surface area contributed by atoms with Crippen molar-refractivity contribution in [3.8, 4) is 0 Å². The average Bonchev–Trinajstić information content (AvgIpc) is 2.72. The van der Waals surface area contributed by atoms with Gasteiger partial charge in [0, 0.05) is 18.0 Å². The highest BCUT2D eigenvalue weighted by Gasteiger charge is 2.06. The highest BCUT2D eigenvalue weighted by atomic mass is 16.7. The Kier molecular flexibility index (Phi) is 5.41. The van der Waals surface area contributed by atoms with Crippen molar-refractivity contribution < 1.29 is 14.4 Å². The van der Waals surface area contributed by atoms with E-state index in [-0.39, 0.29) is 0 Å². The van der Waals surface area contributed by atoms with Gasteiger partial charge >= 0.3 is 5.97 Å². The number of nitrogens with zero attached hydrogens (tertiary/aromatic N) is 3. The maximum absolute atomic E-state index is 11.8. The molecule has 0 aliphatic carbocycles. The van der Waals surface area contributed by atoms with Gasteiger partial charge in [-0.25, -0.2) is 10.3 Å². The summed E-state index contributed by atoms with van der Waals surface area (Å²) < 4.78 is 0. The van der Waals surface area contributed by atoms with E-state index >= 15 is 0 Å². The number of azo groups is 1. The normalized spacial score (nSPS) is 10.5. The third-order valence-electron chi connectivity index (χ3n) is 3.32. The number of benzene rings is 2. The second-order valence-corrected chi connectivity index (χ2v) is 5.15. The summed E-state index contributed by atoms with van der Waals surface area (Å²) in [5.74, 6) is -0.941. The number of rotatable bonds is 5. The number of anilines is 1. The summed E-state index contributed by atoms with van der Waals surface area (Å²) in [5.41, 5.74) is 4.48. The topological polar surface area (TPSA) is 93.0 Å². The zero-order chi connectivity index (χ0) is 18.2. The summed E-state index contributed by atoms with van der Waals surface area (Å²) in [4.78, 5) is 32.5. The van der Waals surface area contributed by atoms with Gasteiger partial charge in [0.2, 0.25) is 0 Å². The number of carbonyl (C=O) groups excluding carboxylic acids is 2. The van der Waals surface area contributed by atoms with Gasteiger partial charge in [-0.05, 0) is 48.5 Å². The van der Waals surface area contributed by atoms with Gasteiger partial charge in [0.15, 0.2) is 0 Å². The van der Waals surface area contributed by atoms with Crippen LogP contribution in [-0.2, 0) is 4.84 Å². The molecule has 0 unspecified atom stereocenters. The van der Waals surface area contributed by atoms with Crippen LogP contribution in [0, 0.1) is 0 Å². The van der Waals surface area contributed by atoms with E-state index in [4.69, 9.17) is 4.84 Å². The second-order valence-electron chi connectivity index (χ2n) is 5.15. The molecule has 1 aromatic heterocycles. The Morgan fingerprint density at radius 1 is 0.846 bits per heavy atom. The summed E-state index contributed by atoms with van der Waals surface area (Å²) in [6.07, 6.45) is 3.03. The van der Waals surface area contributed by atoms with E-state index in [1.54, 1.807) is 60.7 Å². The zero-order valence-corrected chi connectivity index (χ0v) is 13.6. The molecule has 0 saturated carbocycles. The highest BCUT2D eigenvalue weighted by molar-refractivity contribution is 5.94. The number of hydrogen-bond donors (Lipinski definition) is 1. The molecule has 7 heteroatoms. The van der Waals surface area contributed by atoms with Crippen molar-refractivity contribution in [2.75, 3.05) is 5.48 Å². The molecule has 3 rings (SSSR count). The SMILES string of the molecule is O=C(N=Nc1ccc(NOC(=O)c2ccccc2)cc1)c1ccncc1. The first-order valence-corrected chi connectivity index (χ1v) is 7.71. The van der Waals surface area contributed by atoms with Crippen molar-refractivity contribution in [2.24, 2.45) is 10.2 Å². The van der Waals surface area contributed by atoms with Crippen molar-refractivity contribution >= 4 is 23.3 Å². The molecular formula is C19H14N4O3. The lowest BCUT2D eigenvalue weighted by molar-refractivity contribution is 0.0596. The lowest BCUT2D eigenvalue weighted by Gasteiger charge is -2.06. The van der Waals surface area contributed by atoms with Gasteiger partial charge in [-0.15, -0.1) is 10.2 Å². The molecule has 2 aromatic carbocycles. The summed E-state index contributed by atoms with van der Waals surface area (Å²) >= 11 is 0. The van der Waals surface area contributed by atoms with Crippen LogP contribution in [0.1, 0.15) is 20.7 Å². The maximum Gasteiger partial charge on any atom is 0.362 e. The summed E-state index contributed by atoms with van der Waals surface area (Å²) in [5, 5.41) is 7.55. The number of carbonyl (C=O) groups is 2. The van der Waals surface area contributed by atoms with Gasteiger partial charge in [0.25, 0.3) is 5.91 Å². The molecule has 0 aliphatic rings. The van der Waals surface area contributed by atoms with Crippen LogP contribution in [0.25, 0.3) is 0 Å². The quantitative estimate of drug-likeness (QED) is 0.552. The van der Waals surface area contributed by atoms with Crippen LogP contribution in [0.2, 0.25) is 0 Å². The molecule has 1 heterocycles. The molecule has 1 N–H and O–H groups in total. The first-order chi connectivity index (χ1) is 12.7. The van der Waals surface area contributed by atoms with Crippen molar-refractivity contribution in [3.63, 3.8) is 0 Å². The van der Waals surface area contributed by atoms with Crippen LogP contribution in [0.5, 0.6) is 0 Å². The van der Waals surface area contributed by atoms with Crippen molar-refractivity contribution in [3.05, 3.63) is 90.3 Å². The second kappa shape index (κ2) is 8.29. The van der Waals surface area contributed by atoms with Crippen molar-refractivity contribution in [2.45, 2.75) is 0 Å². The Morgan fingerprint density at radius 2 is 1.54 bits per heavy atom. The minimum Gasteiger partial charge on any atom is -0.338 e. The molecule has 3 aromatic rings. The minimum absolute atomic E-state index is 0.412. The molecule has 0 saturated heterocycles. The molecule has 26 heavy (non-hydrogen) atoms. The van der Waals surface area contributed by atoms with Gasteiger partial charge < -0.3 is 4.84 Å². The molecule has 0 fully saturated rings. The van der Waals surface area contributed by atoms with Gasteiger partial charge in [-0.2, -0.15) is 0 Å². The predicted molar refractivity (Wildman–Crippen MR) is 95.0 cm³/mol. The first kappa shape index (κ1) is 17.0. The Labute approximate surface area is 149 Å². The molecule has 1 amide bonds. The molecule has 0 aliphatic heterocycles. The Morgan fingerprint density at radius 3 is 2.23 bits per heavy atom. The fourth-order valence-electron chi connectivity index (χ4n) is 1.99. The molecule has 7 nitrogen and oxygen atoms in total. The van der Waals surface area contributed by atoms with Crippen molar-refractivity contribution in [1.82, 2.24) is 4.98 Å². The largest absolute Gasteiger partial charge is 0.362 e. The number of amides is 1. The van der Waals surface area contributed by atoms with Crippen LogP contribution in [0.4, 0.5) is 11.4 Å². The van der Waals surface area contributed by atoms with E-state index in [0.717, 1.165) is 0 Å². The number of nitrogens with one attached hydrogen (secondary N) is 1. The fraction of sp³-hybridized carbons (Fsp3) is 0. The van der Waals surface area contributed by atoms with Crippen LogP contribution >= 0.6 is 0 Å². The van der Waals surface area contributed by atoms with Crippen molar-refractivity contribution in [1.29, 1.82) is 0 Å². The molecule has 0 spiro atoms. The van der Waals surface area contributed by atoms with Gasteiger partial charge in [0.05, 0.1) is 16.9 Å². The monoisotopic (exact) mass is 346 g/mol. The lowest BCUT2D eigenvalue weighted by Crippen LogP contribution is -2.10. The predicted octanol–water partition coefficient (Wildman–Crippen LogP) is 4.19. The zero-order valence-electron chi connectivity index (χ0n) is 13.6. The third-order valence-corrected chi connectivity index (χ3v) is 3.32. The average molecular weight is 346 g/mol. The highest BCUT2D eigenvalue weighted by Crippen LogP contribution is 2.17. The van der Waals surface area contributed by atoms with Gasteiger partial charge in [-0.1, -0.05) is 18.2 Å². The van der Waals surface area contributed by atoms with E-state index in [1.165, 1.54) is 12.4 Å². The molecular weight excluding hydrogens is 332 g/mol. The first-order valence-electron chi connectivity index (χ1n) is 7.71. The van der Waals surface area contributed by atoms with Gasteiger partial charge in [0.1, 0.15) is 0 Å². The Hall–Kier alpha value is -3.87. The maximum atomic E-state index is 11.8. The van der Waals surface area contributed by atoms with Crippen LogP contribution in [0.15, 0.2) is 89.4 Å². The van der Waals surface area contributed by atoms with E-state index in [1.807, 2.05) is 6.07 Å².